The van der Waals surface area contributed by atoms with Crippen molar-refractivity contribution in [3.05, 3.63) is 52.4 Å². The number of rotatable bonds is 4. The van der Waals surface area contributed by atoms with Crippen LogP contribution in [0.15, 0.2) is 35.7 Å². The summed E-state index contributed by atoms with van der Waals surface area (Å²) in [6, 6.07) is 9.06. The van der Waals surface area contributed by atoms with Crippen LogP contribution < -0.4 is 5.32 Å². The summed E-state index contributed by atoms with van der Waals surface area (Å²) < 4.78 is 5.36. The highest BCUT2D eigenvalue weighted by atomic mass is 32.1. The lowest BCUT2D eigenvalue weighted by Crippen LogP contribution is -2.15. The summed E-state index contributed by atoms with van der Waals surface area (Å²) in [4.78, 5) is 23.1. The lowest BCUT2D eigenvalue weighted by atomic mass is 9.91. The van der Waals surface area contributed by atoms with Gasteiger partial charge < -0.3 is 15.2 Å². The van der Waals surface area contributed by atoms with Gasteiger partial charge in [-0.2, -0.15) is 0 Å². The van der Waals surface area contributed by atoms with Crippen molar-refractivity contribution in [2.75, 3.05) is 18.5 Å². The van der Waals surface area contributed by atoms with Gasteiger partial charge in [0.2, 0.25) is 0 Å². The Labute approximate surface area is 137 Å². The predicted octanol–water partition coefficient (Wildman–Crippen LogP) is 3.59. The van der Waals surface area contributed by atoms with Gasteiger partial charge in [-0.25, -0.2) is 4.79 Å². The molecule has 120 valence electrons. The van der Waals surface area contributed by atoms with E-state index in [0.29, 0.717) is 16.5 Å². The minimum absolute atomic E-state index is 0.181. The number of nitrogens with one attached hydrogen (secondary N) is 1. The summed E-state index contributed by atoms with van der Waals surface area (Å²) in [7, 11) is 0. The Bertz CT molecular complexity index is 702. The second kappa shape index (κ2) is 6.93. The van der Waals surface area contributed by atoms with Crippen LogP contribution in [0, 0.1) is 0 Å². The molecule has 0 bridgehead atoms. The van der Waals surface area contributed by atoms with Crippen molar-refractivity contribution in [2.45, 2.75) is 18.8 Å². The van der Waals surface area contributed by atoms with Gasteiger partial charge in [0.05, 0.1) is 10.6 Å². The Balaban J connectivity index is 1.66. The quantitative estimate of drug-likeness (QED) is 0.897. The number of amides is 1. The zero-order chi connectivity index (χ0) is 16.2. The number of benzene rings is 1. The van der Waals surface area contributed by atoms with Crippen LogP contribution in [-0.4, -0.2) is 30.2 Å². The minimum atomic E-state index is -0.998. The lowest BCUT2D eigenvalue weighted by Gasteiger charge is -2.22. The number of thiophene rings is 1. The third-order valence-corrected chi connectivity index (χ3v) is 4.79. The topological polar surface area (TPSA) is 75.6 Å². The van der Waals surface area contributed by atoms with Crippen LogP contribution in [0.1, 0.15) is 45.0 Å². The Hall–Kier alpha value is -2.18. The van der Waals surface area contributed by atoms with E-state index in [0.717, 1.165) is 26.1 Å². The van der Waals surface area contributed by atoms with Crippen LogP contribution in [0.5, 0.6) is 0 Å². The maximum Gasteiger partial charge on any atom is 0.336 e. The van der Waals surface area contributed by atoms with E-state index in [1.165, 1.54) is 28.3 Å². The molecule has 3 rings (SSSR count). The highest BCUT2D eigenvalue weighted by Gasteiger charge is 2.16. The SMILES string of the molecule is O=C(O)c1csc(NC(=O)c2ccc(C3CCOCC3)cc2)c1. The third kappa shape index (κ3) is 3.78. The first-order valence-electron chi connectivity index (χ1n) is 7.44. The van der Waals surface area contributed by atoms with Crippen molar-refractivity contribution in [3.63, 3.8) is 0 Å². The number of anilines is 1. The van der Waals surface area contributed by atoms with E-state index in [1.54, 1.807) is 0 Å². The lowest BCUT2D eigenvalue weighted by molar-refractivity contribution is 0.0697. The smallest absolute Gasteiger partial charge is 0.336 e. The molecule has 0 radical (unpaired) electrons. The van der Waals surface area contributed by atoms with Gasteiger partial charge in [-0.15, -0.1) is 11.3 Å². The second-order valence-electron chi connectivity index (χ2n) is 5.47. The van der Waals surface area contributed by atoms with Crippen molar-refractivity contribution in [3.8, 4) is 0 Å². The Kier molecular flexibility index (Phi) is 4.73. The number of carbonyl (C=O) groups excluding carboxylic acids is 1. The molecule has 1 aliphatic heterocycles. The number of hydrogen-bond donors (Lipinski definition) is 2. The molecular weight excluding hydrogens is 314 g/mol. The zero-order valence-electron chi connectivity index (χ0n) is 12.5. The monoisotopic (exact) mass is 331 g/mol. The highest BCUT2D eigenvalue weighted by Crippen LogP contribution is 2.27. The van der Waals surface area contributed by atoms with Gasteiger partial charge in [-0.05, 0) is 42.5 Å². The van der Waals surface area contributed by atoms with Crippen LogP contribution in [0.3, 0.4) is 0 Å². The molecule has 1 saturated heterocycles. The standard InChI is InChI=1S/C17H17NO4S/c19-16(18-15-9-14(10-23-15)17(20)21)13-3-1-11(2-4-13)12-5-7-22-8-6-12/h1-4,9-10,12H,5-8H2,(H,18,19)(H,20,21). The first kappa shape index (κ1) is 15.7. The fourth-order valence-corrected chi connectivity index (χ4v) is 3.41. The molecule has 1 aromatic heterocycles. The molecule has 0 unspecified atom stereocenters. The van der Waals surface area contributed by atoms with Crippen molar-refractivity contribution >= 4 is 28.2 Å². The predicted molar refractivity (Wildman–Crippen MR) is 88.5 cm³/mol. The summed E-state index contributed by atoms with van der Waals surface area (Å²) in [5.74, 6) is -0.735. The normalized spacial score (nSPS) is 15.3. The number of carboxylic acid groups (broad SMARTS) is 1. The summed E-state index contributed by atoms with van der Waals surface area (Å²) in [5, 5.41) is 13.7. The van der Waals surface area contributed by atoms with Gasteiger partial charge >= 0.3 is 5.97 Å². The molecule has 1 aromatic carbocycles. The maximum absolute atomic E-state index is 12.2. The van der Waals surface area contributed by atoms with Gasteiger partial charge in [0, 0.05) is 24.2 Å². The Morgan fingerprint density at radius 2 is 1.83 bits per heavy atom. The van der Waals surface area contributed by atoms with E-state index < -0.39 is 5.97 Å². The van der Waals surface area contributed by atoms with Crippen LogP contribution in [0.2, 0.25) is 0 Å². The largest absolute Gasteiger partial charge is 0.478 e. The average Bonchev–Trinajstić information content (AvgIpc) is 3.04. The van der Waals surface area contributed by atoms with E-state index >= 15 is 0 Å². The average molecular weight is 331 g/mol. The molecule has 6 heteroatoms. The number of carboxylic acids is 1. The van der Waals surface area contributed by atoms with Crippen molar-refractivity contribution in [2.24, 2.45) is 0 Å². The van der Waals surface area contributed by atoms with Crippen LogP contribution in [-0.2, 0) is 4.74 Å². The number of carbonyl (C=O) groups is 2. The number of ether oxygens (including phenoxy) is 1. The molecule has 0 saturated carbocycles. The summed E-state index contributed by atoms with van der Waals surface area (Å²) >= 11 is 1.20. The van der Waals surface area contributed by atoms with Crippen molar-refractivity contribution in [1.29, 1.82) is 0 Å². The van der Waals surface area contributed by atoms with Gasteiger partial charge in [-0.1, -0.05) is 12.1 Å². The number of hydrogen-bond acceptors (Lipinski definition) is 4. The van der Waals surface area contributed by atoms with Crippen molar-refractivity contribution in [1.82, 2.24) is 0 Å². The summed E-state index contributed by atoms with van der Waals surface area (Å²) in [5.41, 5.74) is 1.97. The molecule has 0 atom stereocenters. The molecule has 1 fully saturated rings. The summed E-state index contributed by atoms with van der Waals surface area (Å²) in [6.07, 6.45) is 2.03. The highest BCUT2D eigenvalue weighted by molar-refractivity contribution is 7.14. The van der Waals surface area contributed by atoms with Crippen LogP contribution in [0.4, 0.5) is 5.00 Å². The Morgan fingerprint density at radius 1 is 1.13 bits per heavy atom. The van der Waals surface area contributed by atoms with Gasteiger partial charge in [-0.3, -0.25) is 4.79 Å². The Morgan fingerprint density at radius 3 is 2.43 bits per heavy atom. The fourth-order valence-electron chi connectivity index (χ4n) is 2.64. The molecule has 1 aliphatic rings. The van der Waals surface area contributed by atoms with E-state index in [4.69, 9.17) is 9.84 Å². The van der Waals surface area contributed by atoms with Gasteiger partial charge in [0.25, 0.3) is 5.91 Å². The molecule has 0 aliphatic carbocycles. The molecule has 0 spiro atoms. The molecule has 23 heavy (non-hydrogen) atoms. The van der Waals surface area contributed by atoms with Gasteiger partial charge in [0.1, 0.15) is 0 Å². The van der Waals surface area contributed by atoms with Gasteiger partial charge in [0.15, 0.2) is 0 Å². The number of aromatic carboxylic acids is 1. The van der Waals surface area contributed by atoms with E-state index in [9.17, 15) is 9.59 Å². The summed E-state index contributed by atoms with van der Waals surface area (Å²) in [6.45, 7) is 1.58. The van der Waals surface area contributed by atoms with E-state index in [2.05, 4.69) is 5.32 Å². The maximum atomic E-state index is 12.2. The molecule has 1 amide bonds. The molecule has 2 aromatic rings. The van der Waals surface area contributed by atoms with Crippen molar-refractivity contribution < 1.29 is 19.4 Å². The second-order valence-corrected chi connectivity index (χ2v) is 6.38. The third-order valence-electron chi connectivity index (χ3n) is 3.95. The molecular formula is C17H17NO4S. The minimum Gasteiger partial charge on any atom is -0.478 e. The first-order chi connectivity index (χ1) is 11.1. The van der Waals surface area contributed by atoms with Crippen LogP contribution >= 0.6 is 11.3 Å². The zero-order valence-corrected chi connectivity index (χ0v) is 13.3. The van der Waals surface area contributed by atoms with E-state index in [-0.39, 0.29) is 11.5 Å². The molecule has 2 N–H and O–H groups in total. The molecule has 5 nitrogen and oxygen atoms in total. The fraction of sp³-hybridized carbons (Fsp3) is 0.294. The molecule has 2 heterocycles. The first-order valence-corrected chi connectivity index (χ1v) is 8.32. The van der Waals surface area contributed by atoms with Crippen LogP contribution in [0.25, 0.3) is 0 Å². The van der Waals surface area contributed by atoms with E-state index in [1.807, 2.05) is 24.3 Å².